The Morgan fingerprint density at radius 1 is 1.28 bits per heavy atom. The monoisotopic (exact) mass is 419 g/mol. The maximum absolute atomic E-state index is 12.4. The third kappa shape index (κ3) is 6.06. The van der Waals surface area contributed by atoms with Gasteiger partial charge in [-0.25, -0.2) is 13.2 Å². The quantitative estimate of drug-likeness (QED) is 0.372. The van der Waals surface area contributed by atoms with E-state index in [1.54, 1.807) is 25.1 Å². The Balaban J connectivity index is 2.00. The Hall–Kier alpha value is -2.86. The lowest BCUT2D eigenvalue weighted by Crippen LogP contribution is -2.43. The van der Waals surface area contributed by atoms with Gasteiger partial charge in [-0.1, -0.05) is 12.1 Å². The number of esters is 1. The number of hydrogen-bond donors (Lipinski definition) is 0. The van der Waals surface area contributed by atoms with E-state index in [0.29, 0.717) is 18.5 Å². The molecule has 29 heavy (non-hydrogen) atoms. The normalized spacial score (nSPS) is 18.0. The molecule has 1 aromatic rings. The van der Waals surface area contributed by atoms with E-state index in [4.69, 9.17) is 4.74 Å². The molecule has 8 nitrogen and oxygen atoms in total. The van der Waals surface area contributed by atoms with Gasteiger partial charge in [0.2, 0.25) is 0 Å². The molecule has 0 N–H and O–H groups in total. The number of carbonyl (C=O) groups excluding carboxylic acids is 2. The van der Waals surface area contributed by atoms with Crippen LogP contribution in [-0.2, 0) is 24.2 Å². The van der Waals surface area contributed by atoms with Gasteiger partial charge < -0.3 is 14.5 Å². The fourth-order valence-electron chi connectivity index (χ4n) is 3.12. The van der Waals surface area contributed by atoms with Crippen LogP contribution in [0.1, 0.15) is 18.9 Å². The van der Waals surface area contributed by atoms with Crippen molar-refractivity contribution in [3.05, 3.63) is 35.4 Å². The molecule has 0 radical (unpaired) electrons. The third-order valence-corrected chi connectivity index (χ3v) is 6.45. The van der Waals surface area contributed by atoms with Gasteiger partial charge >= 0.3 is 5.97 Å². The number of anilines is 1. The average molecular weight is 420 g/mol. The standard InChI is InChI=1S/C20H25N3O5S/c1-4-23(18-9-10-29(26,27)14-18)19(24)13-28-20(25)16(12-21)11-15-5-7-17(8-6-15)22(2)3/h5-8,11,18H,4,9-10,13-14H2,1-3H3/b16-11-. The van der Waals surface area contributed by atoms with Gasteiger partial charge in [0.15, 0.2) is 16.4 Å². The molecule has 1 fully saturated rings. The Morgan fingerprint density at radius 2 is 1.93 bits per heavy atom. The van der Waals surface area contributed by atoms with Crippen LogP contribution in [0.5, 0.6) is 0 Å². The molecule has 0 spiro atoms. The number of amides is 1. The summed E-state index contributed by atoms with van der Waals surface area (Å²) in [5.74, 6) is -1.40. The number of likely N-dealkylation sites (N-methyl/N-ethyl adjacent to an activating group) is 1. The zero-order valence-electron chi connectivity index (χ0n) is 16.8. The highest BCUT2D eigenvalue weighted by atomic mass is 32.2. The Labute approximate surface area is 171 Å². The minimum absolute atomic E-state index is 0.0508. The van der Waals surface area contributed by atoms with Crippen molar-refractivity contribution in [1.29, 1.82) is 5.26 Å². The molecule has 2 rings (SSSR count). The molecule has 0 aromatic heterocycles. The number of hydrogen-bond acceptors (Lipinski definition) is 7. The lowest BCUT2D eigenvalue weighted by atomic mass is 10.1. The Morgan fingerprint density at radius 3 is 2.41 bits per heavy atom. The largest absolute Gasteiger partial charge is 0.451 e. The molecule has 9 heteroatoms. The van der Waals surface area contributed by atoms with E-state index >= 15 is 0 Å². The van der Waals surface area contributed by atoms with Gasteiger partial charge in [0, 0.05) is 32.4 Å². The zero-order chi connectivity index (χ0) is 21.6. The molecule has 1 atom stereocenters. The molecule has 1 aliphatic rings. The minimum Gasteiger partial charge on any atom is -0.451 e. The summed E-state index contributed by atoms with van der Waals surface area (Å²) in [7, 11) is 0.674. The molecule has 1 heterocycles. The summed E-state index contributed by atoms with van der Waals surface area (Å²) in [5.41, 5.74) is 1.41. The van der Waals surface area contributed by atoms with Crippen LogP contribution < -0.4 is 4.90 Å². The molecular formula is C20H25N3O5S. The highest BCUT2D eigenvalue weighted by molar-refractivity contribution is 7.91. The number of nitriles is 1. The van der Waals surface area contributed by atoms with E-state index in [1.807, 2.05) is 31.1 Å². The average Bonchev–Trinajstić information content (AvgIpc) is 3.04. The number of rotatable bonds is 7. The number of sulfone groups is 1. The Kier molecular flexibility index (Phi) is 7.40. The van der Waals surface area contributed by atoms with E-state index in [-0.39, 0.29) is 17.1 Å². The molecular weight excluding hydrogens is 394 g/mol. The molecule has 1 saturated heterocycles. The fraction of sp³-hybridized carbons (Fsp3) is 0.450. The van der Waals surface area contributed by atoms with Gasteiger partial charge in [-0.3, -0.25) is 4.79 Å². The van der Waals surface area contributed by atoms with Crippen molar-refractivity contribution in [3.8, 4) is 6.07 Å². The molecule has 1 aromatic carbocycles. The van der Waals surface area contributed by atoms with Crippen molar-refractivity contribution in [1.82, 2.24) is 4.90 Å². The van der Waals surface area contributed by atoms with Crippen LogP contribution in [0.25, 0.3) is 6.08 Å². The first-order valence-corrected chi connectivity index (χ1v) is 11.0. The van der Waals surface area contributed by atoms with E-state index in [2.05, 4.69) is 0 Å². The lowest BCUT2D eigenvalue weighted by Gasteiger charge is -2.26. The predicted molar refractivity (Wildman–Crippen MR) is 110 cm³/mol. The van der Waals surface area contributed by atoms with Crippen LogP contribution >= 0.6 is 0 Å². The van der Waals surface area contributed by atoms with Gasteiger partial charge in [-0.05, 0) is 37.1 Å². The van der Waals surface area contributed by atoms with Crippen LogP contribution in [0, 0.1) is 11.3 Å². The molecule has 1 aliphatic heterocycles. The highest BCUT2D eigenvalue weighted by Gasteiger charge is 2.34. The highest BCUT2D eigenvalue weighted by Crippen LogP contribution is 2.18. The van der Waals surface area contributed by atoms with Crippen molar-refractivity contribution in [3.63, 3.8) is 0 Å². The van der Waals surface area contributed by atoms with Gasteiger partial charge in [0.05, 0.1) is 11.5 Å². The van der Waals surface area contributed by atoms with Gasteiger partial charge in [-0.2, -0.15) is 5.26 Å². The summed E-state index contributed by atoms with van der Waals surface area (Å²) in [6.07, 6.45) is 1.77. The SMILES string of the molecule is CCN(C(=O)COC(=O)/C(C#N)=C\c1ccc(N(C)C)cc1)C1CCS(=O)(=O)C1. The van der Waals surface area contributed by atoms with E-state index in [1.165, 1.54) is 11.0 Å². The van der Waals surface area contributed by atoms with Crippen molar-refractivity contribution >= 4 is 33.5 Å². The second kappa shape index (κ2) is 9.56. The van der Waals surface area contributed by atoms with Crippen LogP contribution in [0.2, 0.25) is 0 Å². The second-order valence-electron chi connectivity index (χ2n) is 6.97. The maximum Gasteiger partial charge on any atom is 0.349 e. The third-order valence-electron chi connectivity index (χ3n) is 4.70. The fourth-order valence-corrected chi connectivity index (χ4v) is 4.85. The van der Waals surface area contributed by atoms with Crippen LogP contribution in [0.15, 0.2) is 29.8 Å². The number of carbonyl (C=O) groups is 2. The first-order valence-electron chi connectivity index (χ1n) is 9.23. The summed E-state index contributed by atoms with van der Waals surface area (Å²) in [5, 5.41) is 9.26. The zero-order valence-corrected chi connectivity index (χ0v) is 17.6. The van der Waals surface area contributed by atoms with E-state index in [9.17, 15) is 23.3 Å². The predicted octanol–water partition coefficient (Wildman–Crippen LogP) is 1.24. The smallest absolute Gasteiger partial charge is 0.349 e. The number of ether oxygens (including phenoxy) is 1. The lowest BCUT2D eigenvalue weighted by molar-refractivity contribution is -0.149. The summed E-state index contributed by atoms with van der Waals surface area (Å²) >= 11 is 0. The minimum atomic E-state index is -3.13. The van der Waals surface area contributed by atoms with Gasteiger partial charge in [-0.15, -0.1) is 0 Å². The van der Waals surface area contributed by atoms with Crippen molar-refractivity contribution in [2.24, 2.45) is 0 Å². The van der Waals surface area contributed by atoms with Crippen molar-refractivity contribution in [2.45, 2.75) is 19.4 Å². The summed E-state index contributed by atoms with van der Waals surface area (Å²) < 4.78 is 28.3. The maximum atomic E-state index is 12.4. The summed E-state index contributed by atoms with van der Waals surface area (Å²) in [4.78, 5) is 27.9. The van der Waals surface area contributed by atoms with Crippen LogP contribution in [0.4, 0.5) is 5.69 Å². The van der Waals surface area contributed by atoms with Crippen molar-refractivity contribution < 1.29 is 22.7 Å². The molecule has 0 bridgehead atoms. The second-order valence-corrected chi connectivity index (χ2v) is 9.20. The van der Waals surface area contributed by atoms with E-state index < -0.39 is 34.4 Å². The number of nitrogens with zero attached hydrogens (tertiary/aromatic N) is 3. The molecule has 0 saturated carbocycles. The van der Waals surface area contributed by atoms with Gasteiger partial charge in [0.1, 0.15) is 11.6 Å². The summed E-state index contributed by atoms with van der Waals surface area (Å²) in [6, 6.07) is 8.63. The number of benzene rings is 1. The van der Waals surface area contributed by atoms with E-state index in [0.717, 1.165) is 5.69 Å². The first-order chi connectivity index (χ1) is 13.7. The topological polar surface area (TPSA) is 108 Å². The summed E-state index contributed by atoms with van der Waals surface area (Å²) in [6.45, 7) is 1.51. The molecule has 1 unspecified atom stereocenters. The molecule has 0 aliphatic carbocycles. The van der Waals surface area contributed by atoms with Crippen molar-refractivity contribution in [2.75, 3.05) is 43.7 Å². The Bertz CT molecular complexity index is 930. The molecule has 1 amide bonds. The van der Waals surface area contributed by atoms with Crippen LogP contribution in [0.3, 0.4) is 0 Å². The van der Waals surface area contributed by atoms with Crippen LogP contribution in [-0.4, -0.2) is 70.0 Å². The molecule has 156 valence electrons. The van der Waals surface area contributed by atoms with Gasteiger partial charge in [0.25, 0.3) is 5.91 Å². The first kappa shape index (κ1) is 22.4.